The molecular weight excluding hydrogens is 849 g/mol. The van der Waals surface area contributed by atoms with E-state index in [4.69, 9.17) is 20.9 Å². The summed E-state index contributed by atoms with van der Waals surface area (Å²) in [5, 5.41) is 14.9. The summed E-state index contributed by atoms with van der Waals surface area (Å²) in [5.41, 5.74) is 12.4. The molecule has 22 nitrogen and oxygen atoms in total. The number of aliphatic imine (C=N–C) groups is 1. The van der Waals surface area contributed by atoms with Gasteiger partial charge in [-0.05, 0) is 35.7 Å². The van der Waals surface area contributed by atoms with E-state index in [-0.39, 0.29) is 25.4 Å². The Balaban J connectivity index is 2.09. The Morgan fingerprint density at radius 3 is 1.88 bits per heavy atom. The van der Waals surface area contributed by atoms with Crippen molar-refractivity contribution in [3.05, 3.63) is 35.9 Å². The van der Waals surface area contributed by atoms with E-state index in [9.17, 15) is 47.9 Å². The average molecular weight is 913 g/mol. The molecule has 1 aromatic carbocycles. The fourth-order valence-corrected chi connectivity index (χ4v) is 6.75. The maximum atomic E-state index is 14.3. The van der Waals surface area contributed by atoms with Gasteiger partial charge in [-0.2, -0.15) is 0 Å². The van der Waals surface area contributed by atoms with Crippen molar-refractivity contribution in [2.24, 2.45) is 40.1 Å². The third-order valence-corrected chi connectivity index (χ3v) is 10.7. The third kappa shape index (κ3) is 15.4. The molecule has 2 aliphatic heterocycles. The maximum Gasteiger partial charge on any atom is 0.331 e. The number of epoxide rings is 1. The normalized spacial score (nSPS) is 27.6. The van der Waals surface area contributed by atoms with Crippen LogP contribution in [-0.4, -0.2) is 139 Å². The molecule has 1 saturated heterocycles. The summed E-state index contributed by atoms with van der Waals surface area (Å²) < 4.78 is 11.0. The van der Waals surface area contributed by atoms with Gasteiger partial charge < -0.3 is 57.7 Å². The number of ether oxygens (including phenoxy) is 2. The minimum Gasteiger partial charge on any atom is -0.427 e. The molecule has 0 bridgehead atoms. The average Bonchev–Trinajstić information content (AvgIpc) is 4.02. The first kappa shape index (κ1) is 53.1. The van der Waals surface area contributed by atoms with Crippen LogP contribution in [0.3, 0.4) is 0 Å². The molecule has 0 radical (unpaired) electrons. The van der Waals surface area contributed by atoms with E-state index in [1.54, 1.807) is 85.7 Å². The Bertz CT molecular complexity index is 1970. The highest BCUT2D eigenvalue weighted by Crippen LogP contribution is 2.33. The molecule has 0 aliphatic carbocycles. The number of hydrogen-bond donors (Lipinski definition) is 8. The number of carbonyl (C=O) groups excluding carboxylic acids is 10. The second-order valence-corrected chi connectivity index (χ2v) is 17.6. The van der Waals surface area contributed by atoms with Crippen molar-refractivity contribution >= 4 is 65.3 Å². The molecule has 10 N–H and O–H groups in total. The Labute approximate surface area is 377 Å². The molecule has 1 aromatic rings. The SMILES string of the molecule is CC(C)C[C@H]1NC(=O)[C@@H](C(C)C)NC(=O)CNC(=O)C=NC(=O)[C@H](C(C)C)NC(=O)[C@H](Cc2ccccc2)N(C)C(=O)[C@H](C(C)C)NC(=O)[C@@H](CC(N)=O)NC(=O)[C@H](N)[C@]2(CO2)OC1=O. The third-order valence-electron chi connectivity index (χ3n) is 10.7. The van der Waals surface area contributed by atoms with Gasteiger partial charge in [0.15, 0.2) is 6.04 Å². The number of amides is 9. The summed E-state index contributed by atoms with van der Waals surface area (Å²) in [6.07, 6.45) is -0.125. The van der Waals surface area contributed by atoms with E-state index in [1.165, 1.54) is 7.05 Å². The van der Waals surface area contributed by atoms with Crippen molar-refractivity contribution < 1.29 is 57.4 Å². The summed E-state index contributed by atoms with van der Waals surface area (Å²) >= 11 is 0. The van der Waals surface area contributed by atoms with Crippen LogP contribution in [0.2, 0.25) is 0 Å². The van der Waals surface area contributed by atoms with Gasteiger partial charge in [-0.15, -0.1) is 0 Å². The number of benzene rings is 1. The van der Waals surface area contributed by atoms with Gasteiger partial charge >= 0.3 is 5.97 Å². The van der Waals surface area contributed by atoms with Crippen molar-refractivity contribution in [3.8, 4) is 0 Å². The number of nitrogens with two attached hydrogens (primary N) is 2. The molecule has 9 amide bonds. The fourth-order valence-electron chi connectivity index (χ4n) is 6.75. The van der Waals surface area contributed by atoms with Crippen LogP contribution in [0, 0.1) is 23.7 Å². The molecule has 0 unspecified atom stereocenters. The van der Waals surface area contributed by atoms with Crippen LogP contribution in [0.15, 0.2) is 35.3 Å². The molecular formula is C43H64N10O12. The Morgan fingerprint density at radius 2 is 1.34 bits per heavy atom. The highest BCUT2D eigenvalue weighted by molar-refractivity contribution is 6.28. The van der Waals surface area contributed by atoms with Crippen molar-refractivity contribution in [2.75, 3.05) is 20.2 Å². The van der Waals surface area contributed by atoms with E-state index in [1.807, 2.05) is 0 Å². The second kappa shape index (κ2) is 23.6. The zero-order valence-electron chi connectivity index (χ0n) is 38.3. The molecule has 358 valence electrons. The number of rotatable bonds is 9. The van der Waals surface area contributed by atoms with Gasteiger partial charge in [0.25, 0.3) is 17.6 Å². The topological polar surface area (TPSA) is 332 Å². The van der Waals surface area contributed by atoms with Crippen LogP contribution in [0.5, 0.6) is 0 Å². The molecule has 2 heterocycles. The number of nitrogens with one attached hydrogen (secondary N) is 6. The van der Waals surface area contributed by atoms with Crippen LogP contribution in [-0.2, 0) is 63.8 Å². The minimum absolute atomic E-state index is 0.0368. The van der Waals surface area contributed by atoms with Gasteiger partial charge in [-0.25, -0.2) is 9.79 Å². The lowest BCUT2D eigenvalue weighted by molar-refractivity contribution is -0.167. The summed E-state index contributed by atoms with van der Waals surface area (Å²) in [7, 11) is 1.33. The zero-order chi connectivity index (χ0) is 48.9. The van der Waals surface area contributed by atoms with Gasteiger partial charge in [-0.1, -0.05) is 85.7 Å². The Hall–Kier alpha value is -6.29. The van der Waals surface area contributed by atoms with Crippen LogP contribution < -0.4 is 43.4 Å². The number of hydrogen-bond acceptors (Lipinski definition) is 13. The van der Waals surface area contributed by atoms with Crippen molar-refractivity contribution in [2.45, 2.75) is 123 Å². The van der Waals surface area contributed by atoms with Gasteiger partial charge in [0.2, 0.25) is 41.4 Å². The van der Waals surface area contributed by atoms with Crippen molar-refractivity contribution in [1.29, 1.82) is 0 Å². The summed E-state index contributed by atoms with van der Waals surface area (Å²) in [4.78, 5) is 140. The quantitative estimate of drug-likeness (QED) is 0.0956. The van der Waals surface area contributed by atoms with Crippen molar-refractivity contribution in [3.63, 3.8) is 0 Å². The van der Waals surface area contributed by atoms with E-state index >= 15 is 0 Å². The number of carbonyl (C=O) groups is 10. The molecule has 8 atom stereocenters. The molecule has 3 rings (SSSR count). The second-order valence-electron chi connectivity index (χ2n) is 17.6. The summed E-state index contributed by atoms with van der Waals surface area (Å²) in [5.74, 6) is -13.2. The van der Waals surface area contributed by atoms with Crippen LogP contribution >= 0.6 is 0 Å². The first-order chi connectivity index (χ1) is 30.4. The van der Waals surface area contributed by atoms with Gasteiger partial charge in [0.1, 0.15) is 42.9 Å². The molecule has 0 aromatic heterocycles. The van der Waals surface area contributed by atoms with Gasteiger partial charge in [-0.3, -0.25) is 43.2 Å². The van der Waals surface area contributed by atoms with E-state index < -0.39 is 138 Å². The standard InChI is InChI=1S/C43H64N10O12/c1-21(2)15-27-42(63)65-43(20-64-43)35(45)40(61)48-26(17-29(44)54)36(57)52-34(24(7)8)41(62)53(9)28(16-25-13-11-10-12-14-25)37(58)51-32(22(3)4)38(59)47-18-30(55)46-19-31(56)50-33(23(5)6)39(60)49-27/h10-14,18,21-24,26-28,32-35H,15-17,19-20,45H2,1-9H3,(H2,44,54)(H,46,55)(H,48,61)(H,49,60)(H,50,56)(H,51,58)(H,52,57)/t26-,27-,28+,32+,33-,34+,35+,43+/m1/s1. The van der Waals surface area contributed by atoms with Gasteiger partial charge in [0, 0.05) is 13.5 Å². The highest BCUT2D eigenvalue weighted by atomic mass is 16.8. The highest BCUT2D eigenvalue weighted by Gasteiger charge is 2.58. The lowest BCUT2D eigenvalue weighted by atomic mass is 9.98. The maximum absolute atomic E-state index is 14.3. The van der Waals surface area contributed by atoms with Crippen molar-refractivity contribution in [1.82, 2.24) is 36.8 Å². The predicted octanol–water partition coefficient (Wildman–Crippen LogP) is -2.31. The molecule has 2 aliphatic rings. The number of nitrogens with zero attached hydrogens (tertiary/aromatic N) is 2. The van der Waals surface area contributed by atoms with Crippen LogP contribution in [0.25, 0.3) is 0 Å². The van der Waals surface area contributed by atoms with Crippen LogP contribution in [0.4, 0.5) is 0 Å². The predicted molar refractivity (Wildman–Crippen MR) is 233 cm³/mol. The van der Waals surface area contributed by atoms with Gasteiger partial charge in [0.05, 0.1) is 19.2 Å². The van der Waals surface area contributed by atoms with E-state index in [0.717, 1.165) is 4.90 Å². The van der Waals surface area contributed by atoms with Crippen LogP contribution in [0.1, 0.15) is 73.8 Å². The lowest BCUT2D eigenvalue weighted by Gasteiger charge is -2.34. The smallest absolute Gasteiger partial charge is 0.331 e. The molecule has 65 heavy (non-hydrogen) atoms. The molecule has 1 spiro atoms. The molecule has 1 fully saturated rings. The summed E-state index contributed by atoms with van der Waals surface area (Å²) in [6.45, 7) is 12.3. The first-order valence-electron chi connectivity index (χ1n) is 21.4. The zero-order valence-corrected chi connectivity index (χ0v) is 38.3. The van der Waals surface area contributed by atoms with E-state index in [2.05, 4.69) is 36.9 Å². The first-order valence-corrected chi connectivity index (χ1v) is 21.4. The number of esters is 1. The fraction of sp³-hybridized carbons (Fsp3) is 0.605. The largest absolute Gasteiger partial charge is 0.427 e. The summed E-state index contributed by atoms with van der Waals surface area (Å²) in [6, 6.07) is -1.33. The number of likely N-dealkylation sites (N-methyl/N-ethyl adjacent to an activating group) is 1. The Morgan fingerprint density at radius 1 is 0.769 bits per heavy atom. The number of primary amides is 1. The monoisotopic (exact) mass is 912 g/mol. The lowest BCUT2D eigenvalue weighted by Crippen LogP contribution is -2.62. The van der Waals surface area contributed by atoms with E-state index in [0.29, 0.717) is 11.8 Å². The Kier molecular flexibility index (Phi) is 19.2. The molecule has 0 saturated carbocycles. The molecule has 22 heteroatoms. The minimum atomic E-state index is -2.04.